The Bertz CT molecular complexity index is 563. The van der Waals surface area contributed by atoms with Crippen LogP contribution in [0.4, 0.5) is 0 Å². The lowest BCUT2D eigenvalue weighted by atomic mass is 9.92. The summed E-state index contributed by atoms with van der Waals surface area (Å²) in [5.74, 6) is 0.932. The van der Waals surface area contributed by atoms with E-state index < -0.39 is 0 Å². The van der Waals surface area contributed by atoms with Crippen LogP contribution in [0.5, 0.6) is 0 Å². The summed E-state index contributed by atoms with van der Waals surface area (Å²) in [5.41, 5.74) is 1.21. The topological polar surface area (TPSA) is 48.9 Å². The van der Waals surface area contributed by atoms with Gasteiger partial charge >= 0.3 is 0 Å². The van der Waals surface area contributed by atoms with E-state index in [1.807, 2.05) is 18.2 Å². The average molecular weight is 387 g/mol. The van der Waals surface area contributed by atoms with Crippen molar-refractivity contribution in [2.24, 2.45) is 4.99 Å². The highest BCUT2D eigenvalue weighted by Crippen LogP contribution is 2.25. The van der Waals surface area contributed by atoms with Gasteiger partial charge in [-0.1, -0.05) is 49.6 Å². The molecule has 0 unspecified atom stereocenters. The molecule has 1 aliphatic carbocycles. The van der Waals surface area contributed by atoms with Gasteiger partial charge in [0.1, 0.15) is 0 Å². The largest absolute Gasteiger partial charge is 0.375 e. The SMILES string of the molecule is CCNC(=NCCOCc1ccccc1)NC1CCN(C2CCCCC2)CC1. The minimum absolute atomic E-state index is 0.530. The van der Waals surface area contributed by atoms with Crippen LogP contribution >= 0.6 is 0 Å². The summed E-state index contributed by atoms with van der Waals surface area (Å²) in [6, 6.07) is 11.7. The monoisotopic (exact) mass is 386 g/mol. The summed E-state index contributed by atoms with van der Waals surface area (Å²) in [5, 5.41) is 7.03. The van der Waals surface area contributed by atoms with Crippen LogP contribution in [-0.2, 0) is 11.3 Å². The molecule has 0 spiro atoms. The van der Waals surface area contributed by atoms with Crippen LogP contribution in [-0.4, -0.2) is 55.7 Å². The summed E-state index contributed by atoms with van der Waals surface area (Å²) in [6.45, 7) is 7.44. The van der Waals surface area contributed by atoms with Crippen molar-refractivity contribution in [3.8, 4) is 0 Å². The number of likely N-dealkylation sites (tertiary alicyclic amines) is 1. The van der Waals surface area contributed by atoms with Crippen LogP contribution in [0, 0.1) is 0 Å². The van der Waals surface area contributed by atoms with Gasteiger partial charge in [0.15, 0.2) is 5.96 Å². The highest BCUT2D eigenvalue weighted by Gasteiger charge is 2.26. The molecule has 5 nitrogen and oxygen atoms in total. The first kappa shape index (κ1) is 21.1. The van der Waals surface area contributed by atoms with Crippen LogP contribution in [0.3, 0.4) is 0 Å². The van der Waals surface area contributed by atoms with Crippen molar-refractivity contribution < 1.29 is 4.74 Å². The average Bonchev–Trinajstić information content (AvgIpc) is 2.75. The van der Waals surface area contributed by atoms with Crippen molar-refractivity contribution in [1.82, 2.24) is 15.5 Å². The van der Waals surface area contributed by atoms with E-state index >= 15 is 0 Å². The van der Waals surface area contributed by atoms with E-state index in [1.54, 1.807) is 0 Å². The summed E-state index contributed by atoms with van der Waals surface area (Å²) < 4.78 is 5.75. The molecule has 0 radical (unpaired) electrons. The number of piperidine rings is 1. The molecule has 1 saturated carbocycles. The van der Waals surface area contributed by atoms with Gasteiger partial charge in [-0.25, -0.2) is 0 Å². The molecule has 1 aromatic carbocycles. The van der Waals surface area contributed by atoms with E-state index in [-0.39, 0.29) is 0 Å². The zero-order valence-corrected chi connectivity index (χ0v) is 17.5. The van der Waals surface area contributed by atoms with E-state index in [1.165, 1.54) is 63.6 Å². The molecule has 1 heterocycles. The molecule has 1 aliphatic heterocycles. The van der Waals surface area contributed by atoms with Crippen LogP contribution in [0.2, 0.25) is 0 Å². The van der Waals surface area contributed by atoms with Gasteiger partial charge in [-0.15, -0.1) is 0 Å². The first-order valence-corrected chi connectivity index (χ1v) is 11.3. The molecule has 0 amide bonds. The molecule has 5 heteroatoms. The molecule has 1 aromatic rings. The molecule has 156 valence electrons. The number of hydrogen-bond acceptors (Lipinski definition) is 3. The minimum Gasteiger partial charge on any atom is -0.375 e. The highest BCUT2D eigenvalue weighted by atomic mass is 16.5. The van der Waals surface area contributed by atoms with Gasteiger partial charge in [0.2, 0.25) is 0 Å². The van der Waals surface area contributed by atoms with Crippen molar-refractivity contribution in [3.63, 3.8) is 0 Å². The fourth-order valence-corrected chi connectivity index (χ4v) is 4.35. The standard InChI is InChI=1S/C23H38N4O/c1-2-24-23(25-15-18-28-19-20-9-5-3-6-10-20)26-21-13-16-27(17-14-21)22-11-7-4-8-12-22/h3,5-6,9-10,21-22H,2,4,7-8,11-19H2,1H3,(H2,24,25,26). The zero-order chi connectivity index (χ0) is 19.4. The van der Waals surface area contributed by atoms with Crippen molar-refractivity contribution in [2.75, 3.05) is 32.8 Å². The normalized spacial score (nSPS) is 20.2. The fourth-order valence-electron chi connectivity index (χ4n) is 4.35. The molecule has 3 rings (SSSR count). The predicted octanol–water partition coefficient (Wildman–Crippen LogP) is 3.56. The summed E-state index contributed by atoms with van der Waals surface area (Å²) >= 11 is 0. The maximum atomic E-state index is 5.75. The van der Waals surface area contributed by atoms with Gasteiger partial charge in [-0.3, -0.25) is 4.99 Å². The van der Waals surface area contributed by atoms with Crippen molar-refractivity contribution in [3.05, 3.63) is 35.9 Å². The third kappa shape index (κ3) is 7.10. The second kappa shape index (κ2) is 12.1. The quantitative estimate of drug-likeness (QED) is 0.407. The minimum atomic E-state index is 0.530. The Balaban J connectivity index is 1.36. The zero-order valence-electron chi connectivity index (χ0n) is 17.5. The van der Waals surface area contributed by atoms with Gasteiger partial charge in [0.05, 0.1) is 19.8 Å². The Morgan fingerprint density at radius 3 is 2.54 bits per heavy atom. The molecule has 0 atom stereocenters. The Kier molecular flexibility index (Phi) is 9.11. The summed E-state index contributed by atoms with van der Waals surface area (Å²) in [4.78, 5) is 7.44. The Morgan fingerprint density at radius 2 is 1.82 bits per heavy atom. The molecule has 2 fully saturated rings. The molecule has 28 heavy (non-hydrogen) atoms. The number of benzene rings is 1. The van der Waals surface area contributed by atoms with E-state index in [2.05, 4.69) is 34.6 Å². The molecule has 2 aliphatic rings. The highest BCUT2D eigenvalue weighted by molar-refractivity contribution is 5.80. The van der Waals surface area contributed by atoms with Gasteiger partial charge in [0, 0.05) is 31.7 Å². The van der Waals surface area contributed by atoms with Gasteiger partial charge < -0.3 is 20.3 Å². The summed E-state index contributed by atoms with van der Waals surface area (Å²) in [6.07, 6.45) is 9.53. The van der Waals surface area contributed by atoms with Crippen molar-refractivity contribution >= 4 is 5.96 Å². The molecule has 1 saturated heterocycles. The lowest BCUT2D eigenvalue weighted by molar-refractivity contribution is 0.119. The van der Waals surface area contributed by atoms with E-state index in [0.29, 0.717) is 25.8 Å². The summed E-state index contributed by atoms with van der Waals surface area (Å²) in [7, 11) is 0. The third-order valence-corrected chi connectivity index (χ3v) is 5.92. The molecule has 0 bridgehead atoms. The van der Waals surface area contributed by atoms with E-state index in [0.717, 1.165) is 18.5 Å². The van der Waals surface area contributed by atoms with Gasteiger partial charge in [0.25, 0.3) is 0 Å². The number of aliphatic imine (C=N–C) groups is 1. The molecular formula is C23H38N4O. The first-order valence-electron chi connectivity index (χ1n) is 11.3. The smallest absolute Gasteiger partial charge is 0.191 e. The van der Waals surface area contributed by atoms with Gasteiger partial charge in [-0.05, 0) is 38.2 Å². The molecular weight excluding hydrogens is 348 g/mol. The maximum absolute atomic E-state index is 5.75. The number of nitrogens with one attached hydrogen (secondary N) is 2. The number of guanidine groups is 1. The lowest BCUT2D eigenvalue weighted by Crippen LogP contribution is -2.51. The van der Waals surface area contributed by atoms with Gasteiger partial charge in [-0.2, -0.15) is 0 Å². The van der Waals surface area contributed by atoms with Crippen molar-refractivity contribution in [2.45, 2.75) is 70.6 Å². The number of nitrogens with zero attached hydrogens (tertiary/aromatic N) is 2. The van der Waals surface area contributed by atoms with E-state index in [9.17, 15) is 0 Å². The lowest BCUT2D eigenvalue weighted by Gasteiger charge is -2.39. The second-order valence-electron chi connectivity index (χ2n) is 8.05. The number of ether oxygens (including phenoxy) is 1. The second-order valence-corrected chi connectivity index (χ2v) is 8.05. The Morgan fingerprint density at radius 1 is 1.07 bits per heavy atom. The Hall–Kier alpha value is -1.59. The van der Waals surface area contributed by atoms with E-state index in [4.69, 9.17) is 9.73 Å². The fraction of sp³-hybridized carbons (Fsp3) is 0.696. The maximum Gasteiger partial charge on any atom is 0.191 e. The third-order valence-electron chi connectivity index (χ3n) is 5.92. The molecule has 0 aromatic heterocycles. The predicted molar refractivity (Wildman–Crippen MR) is 117 cm³/mol. The number of rotatable bonds is 8. The molecule has 2 N–H and O–H groups in total. The Labute approximate surface area is 170 Å². The first-order chi connectivity index (χ1) is 13.8. The van der Waals surface area contributed by atoms with Crippen LogP contribution in [0.1, 0.15) is 57.4 Å². The number of hydrogen-bond donors (Lipinski definition) is 2. The van der Waals surface area contributed by atoms with Crippen LogP contribution in [0.25, 0.3) is 0 Å². The van der Waals surface area contributed by atoms with Crippen molar-refractivity contribution in [1.29, 1.82) is 0 Å². The van der Waals surface area contributed by atoms with Crippen LogP contribution < -0.4 is 10.6 Å². The van der Waals surface area contributed by atoms with Crippen LogP contribution in [0.15, 0.2) is 35.3 Å².